The van der Waals surface area contributed by atoms with Gasteiger partial charge in [-0.2, -0.15) is 30.3 Å². The third-order valence-corrected chi connectivity index (χ3v) is 2.29. The molecule has 1 aromatic rings. The Labute approximate surface area is 137 Å². The number of anilines is 1. The van der Waals surface area contributed by atoms with Gasteiger partial charge in [-0.05, 0) is 6.42 Å². The smallest absolute Gasteiger partial charge is 0.426 e. The summed E-state index contributed by atoms with van der Waals surface area (Å²) in [5, 5.41) is 5.35. The molecule has 4 nitrogen and oxygen atoms in total. The predicted octanol–water partition coefficient (Wildman–Crippen LogP) is -2.29. The fraction of sp³-hybridized carbons (Fsp3) is 0.273. The van der Waals surface area contributed by atoms with Gasteiger partial charge in [0.1, 0.15) is 0 Å². The Hall–Kier alpha value is -0.204. The summed E-state index contributed by atoms with van der Waals surface area (Å²) >= 11 is 0. The zero-order valence-corrected chi connectivity index (χ0v) is 12.2. The number of hydrogen-bond donors (Lipinski definition) is 2. The number of carbonyl (C=O) groups excluding carboxylic acids is 2. The van der Waals surface area contributed by atoms with Crippen molar-refractivity contribution in [2.24, 2.45) is 0 Å². The van der Waals surface area contributed by atoms with Gasteiger partial charge in [-0.1, -0.05) is 5.69 Å². The largest absolute Gasteiger partial charge is 1.00 e. The number of rotatable bonds is 2. The maximum atomic E-state index is 11.4. The van der Waals surface area contributed by atoms with Crippen molar-refractivity contribution in [1.82, 2.24) is 5.32 Å². The third kappa shape index (κ3) is 3.67. The van der Waals surface area contributed by atoms with E-state index in [1.807, 2.05) is 12.1 Å². The first-order valence-electron chi connectivity index (χ1n) is 4.82. The Bertz CT molecular complexity index is 381. The fourth-order valence-electron chi connectivity index (χ4n) is 1.52. The topological polar surface area (TPSA) is 58.2 Å². The second kappa shape index (κ2) is 6.51. The monoisotopic (exact) mass is 242 g/mol. The second-order valence-electron chi connectivity index (χ2n) is 3.44. The van der Waals surface area contributed by atoms with Crippen LogP contribution >= 0.6 is 0 Å². The first-order valence-corrected chi connectivity index (χ1v) is 4.82. The van der Waals surface area contributed by atoms with Gasteiger partial charge >= 0.3 is 51.4 Å². The van der Waals surface area contributed by atoms with Crippen molar-refractivity contribution in [3.63, 3.8) is 0 Å². The van der Waals surface area contributed by atoms with Crippen LogP contribution in [0, 0.1) is 6.07 Å². The van der Waals surface area contributed by atoms with Gasteiger partial charge in [0.05, 0.1) is 6.04 Å². The Morgan fingerprint density at radius 3 is 2.88 bits per heavy atom. The molecule has 0 bridgehead atoms. The summed E-state index contributed by atoms with van der Waals surface area (Å²) in [6.07, 6.45) is 0.930. The molecule has 1 aliphatic rings. The van der Waals surface area contributed by atoms with Gasteiger partial charge in [-0.25, -0.2) is 0 Å². The zero-order chi connectivity index (χ0) is 10.7. The van der Waals surface area contributed by atoms with Crippen LogP contribution in [0.1, 0.15) is 12.8 Å². The number of piperidine rings is 1. The minimum atomic E-state index is -0.321. The van der Waals surface area contributed by atoms with Gasteiger partial charge in [0.2, 0.25) is 11.8 Å². The van der Waals surface area contributed by atoms with Crippen LogP contribution in [-0.2, 0) is 9.59 Å². The molecule has 1 fully saturated rings. The molecular weight excluding hydrogens is 231 g/mol. The molecule has 2 amide bonds. The van der Waals surface area contributed by atoms with Gasteiger partial charge in [0.15, 0.2) is 0 Å². The average Bonchev–Trinajstić information content (AvgIpc) is 2.24. The molecule has 0 radical (unpaired) electrons. The molecule has 1 atom stereocenters. The van der Waals surface area contributed by atoms with E-state index in [4.69, 9.17) is 0 Å². The van der Waals surface area contributed by atoms with Crippen molar-refractivity contribution in [3.8, 4) is 0 Å². The molecule has 2 N–H and O–H groups in total. The molecule has 1 aliphatic heterocycles. The summed E-state index contributed by atoms with van der Waals surface area (Å²) in [5.41, 5.74) is 0.840. The van der Waals surface area contributed by atoms with E-state index in [9.17, 15) is 9.59 Å². The Balaban J connectivity index is 0.00000128. The maximum absolute atomic E-state index is 11.4. The predicted molar refractivity (Wildman–Crippen MR) is 55.1 cm³/mol. The molecule has 1 saturated heterocycles. The van der Waals surface area contributed by atoms with Gasteiger partial charge in [-0.15, -0.1) is 0 Å². The van der Waals surface area contributed by atoms with E-state index in [0.29, 0.717) is 12.8 Å². The van der Waals surface area contributed by atoms with Crippen LogP contribution in [0.3, 0.4) is 0 Å². The molecule has 5 heteroatoms. The van der Waals surface area contributed by atoms with Crippen LogP contribution < -0.4 is 62.0 Å². The molecule has 0 saturated carbocycles. The van der Waals surface area contributed by atoms with Crippen LogP contribution in [0.2, 0.25) is 0 Å². The molecule has 1 heterocycles. The van der Waals surface area contributed by atoms with E-state index in [0.717, 1.165) is 5.69 Å². The van der Waals surface area contributed by atoms with Crippen molar-refractivity contribution in [3.05, 3.63) is 30.3 Å². The minimum Gasteiger partial charge on any atom is -0.426 e. The Morgan fingerprint density at radius 1 is 1.44 bits per heavy atom. The minimum absolute atomic E-state index is 0. The van der Waals surface area contributed by atoms with Gasteiger partial charge in [0, 0.05) is 6.42 Å². The summed E-state index contributed by atoms with van der Waals surface area (Å²) < 4.78 is 0. The normalized spacial score (nSPS) is 19.6. The van der Waals surface area contributed by atoms with Gasteiger partial charge < -0.3 is 5.32 Å². The summed E-state index contributed by atoms with van der Waals surface area (Å²) in [4.78, 5) is 22.3. The second-order valence-corrected chi connectivity index (χ2v) is 3.44. The van der Waals surface area contributed by atoms with Crippen molar-refractivity contribution < 1.29 is 61.0 Å². The number of imide groups is 1. The summed E-state index contributed by atoms with van der Waals surface area (Å²) in [7, 11) is 0. The van der Waals surface area contributed by atoms with E-state index in [-0.39, 0.29) is 69.2 Å². The molecule has 1 aromatic carbocycles. The van der Waals surface area contributed by atoms with E-state index < -0.39 is 0 Å². The van der Waals surface area contributed by atoms with Gasteiger partial charge in [0.25, 0.3) is 0 Å². The van der Waals surface area contributed by atoms with Gasteiger partial charge in [-0.3, -0.25) is 14.9 Å². The molecule has 0 aliphatic carbocycles. The van der Waals surface area contributed by atoms with E-state index in [1.54, 1.807) is 12.1 Å². The van der Waals surface area contributed by atoms with Crippen molar-refractivity contribution >= 4 is 17.5 Å². The molecule has 0 aromatic heterocycles. The Morgan fingerprint density at radius 2 is 2.25 bits per heavy atom. The maximum Gasteiger partial charge on any atom is 1.00 e. The third-order valence-electron chi connectivity index (χ3n) is 2.29. The molecule has 78 valence electrons. The van der Waals surface area contributed by atoms with E-state index >= 15 is 0 Å². The first kappa shape index (κ1) is 13.9. The number of hydrogen-bond acceptors (Lipinski definition) is 3. The van der Waals surface area contributed by atoms with Crippen LogP contribution in [0.5, 0.6) is 0 Å². The number of amides is 2. The molecule has 16 heavy (non-hydrogen) atoms. The molecule has 1 unspecified atom stereocenters. The van der Waals surface area contributed by atoms with Crippen molar-refractivity contribution in [1.29, 1.82) is 0 Å². The standard InChI is InChI=1S/C11H11N2O2.K/c14-10-7-6-9(11(15)13-10)12-8-4-2-1-3-5-8;/h1-2,4-5,9,12H,6-7H2,(H,13,14,15);/q-1;+1. The molecule has 0 spiro atoms. The van der Waals surface area contributed by atoms with Crippen LogP contribution in [0.15, 0.2) is 24.3 Å². The number of carbonyl (C=O) groups is 2. The molecular formula is C11H11KN2O2. The van der Waals surface area contributed by atoms with Crippen LogP contribution in [-0.4, -0.2) is 17.9 Å². The first-order chi connectivity index (χ1) is 7.25. The summed E-state index contributed by atoms with van der Waals surface area (Å²) in [6, 6.07) is 9.85. The van der Waals surface area contributed by atoms with Crippen molar-refractivity contribution in [2.75, 3.05) is 5.32 Å². The van der Waals surface area contributed by atoms with E-state index in [1.165, 1.54) is 0 Å². The number of nitrogens with one attached hydrogen (secondary N) is 2. The van der Waals surface area contributed by atoms with Crippen LogP contribution in [0.4, 0.5) is 5.69 Å². The number of benzene rings is 1. The quantitative estimate of drug-likeness (QED) is 0.349. The summed E-state index contributed by atoms with van der Waals surface area (Å²) in [6.45, 7) is 0. The van der Waals surface area contributed by atoms with Crippen LogP contribution in [0.25, 0.3) is 0 Å². The van der Waals surface area contributed by atoms with Crippen molar-refractivity contribution in [2.45, 2.75) is 18.9 Å². The fourth-order valence-corrected chi connectivity index (χ4v) is 1.52. The zero-order valence-electron chi connectivity index (χ0n) is 9.12. The average molecular weight is 242 g/mol. The molecule has 2 rings (SSSR count). The Kier molecular flexibility index (Phi) is 5.64. The SMILES string of the molecule is O=C1CCC(Nc2c[c-]ccc2)C(=O)N1.[K+]. The summed E-state index contributed by atoms with van der Waals surface area (Å²) in [5.74, 6) is -0.451. The van der Waals surface area contributed by atoms with E-state index in [2.05, 4.69) is 16.7 Å².